The Morgan fingerprint density at radius 1 is 0.700 bits per heavy atom. The fourth-order valence-corrected chi connectivity index (χ4v) is 4.35. The van der Waals surface area contributed by atoms with E-state index in [1.165, 1.54) is 13.1 Å². The molecule has 0 saturated heterocycles. The summed E-state index contributed by atoms with van der Waals surface area (Å²) in [7, 11) is 1.20. The molecule has 40 heavy (non-hydrogen) atoms. The lowest BCUT2D eigenvalue weighted by atomic mass is 9.84. The largest absolute Gasteiger partial charge is 0.391 e. The maximum absolute atomic E-state index is 13.3. The van der Waals surface area contributed by atoms with E-state index < -0.39 is 65.0 Å². The first-order valence-electron chi connectivity index (χ1n) is 13.3. The number of hydrogen-bond acceptors (Lipinski definition) is 8. The van der Waals surface area contributed by atoms with Crippen LogP contribution in [0.25, 0.3) is 0 Å². The van der Waals surface area contributed by atoms with Gasteiger partial charge in [0.25, 0.3) is 0 Å². The van der Waals surface area contributed by atoms with Gasteiger partial charge in [0.1, 0.15) is 0 Å². The predicted molar refractivity (Wildman–Crippen MR) is 150 cm³/mol. The summed E-state index contributed by atoms with van der Waals surface area (Å²) in [6.07, 6.45) is 0.0271. The van der Waals surface area contributed by atoms with Crippen LogP contribution in [0.15, 0.2) is 41.4 Å². The van der Waals surface area contributed by atoms with Crippen LogP contribution < -0.4 is 34.1 Å². The van der Waals surface area contributed by atoms with Crippen LogP contribution in [0.2, 0.25) is 0 Å². The summed E-state index contributed by atoms with van der Waals surface area (Å²) in [6.45, 7) is 12.5. The third kappa shape index (κ3) is 6.61. The highest BCUT2D eigenvalue weighted by Crippen LogP contribution is 2.26. The Morgan fingerprint density at radius 2 is 1.15 bits per heavy atom. The summed E-state index contributed by atoms with van der Waals surface area (Å²) in [5.41, 5.74) is -6.95. The summed E-state index contributed by atoms with van der Waals surface area (Å²) in [4.78, 5) is 78.0. The summed E-state index contributed by atoms with van der Waals surface area (Å²) in [5, 5.41) is 21.5. The zero-order valence-corrected chi connectivity index (χ0v) is 24.4. The third-order valence-corrected chi connectivity index (χ3v) is 7.51. The molecule has 0 aromatic carbocycles. The molecule has 2 aromatic rings. The molecule has 2 aromatic heterocycles. The van der Waals surface area contributed by atoms with E-state index in [0.717, 1.165) is 24.7 Å². The Balaban J connectivity index is 2.60. The molecule has 14 nitrogen and oxygen atoms in total. The maximum Gasteiger partial charge on any atom is 0.336 e. The topological polar surface area (TPSA) is 172 Å². The Kier molecular flexibility index (Phi) is 10.1. The van der Waals surface area contributed by atoms with Crippen LogP contribution in [-0.4, -0.2) is 49.8 Å². The molecule has 14 heteroatoms. The molecule has 0 saturated carbocycles. The van der Waals surface area contributed by atoms with Gasteiger partial charge in [0.05, 0.1) is 38.4 Å². The second kappa shape index (κ2) is 12.3. The lowest BCUT2D eigenvalue weighted by molar-refractivity contribution is 0.0904. The molecule has 0 spiro atoms. The fourth-order valence-electron chi connectivity index (χ4n) is 4.35. The van der Waals surface area contributed by atoms with Crippen molar-refractivity contribution in [2.45, 2.75) is 105 Å². The van der Waals surface area contributed by atoms with Gasteiger partial charge >= 0.3 is 34.1 Å². The molecule has 0 amide bonds. The molecular formula is C26H42N6O8. The third-order valence-electron chi connectivity index (χ3n) is 7.51. The van der Waals surface area contributed by atoms with E-state index in [2.05, 4.69) is 6.58 Å². The molecular weight excluding hydrogens is 524 g/mol. The highest BCUT2D eigenvalue weighted by Gasteiger charge is 2.27. The smallest absolute Gasteiger partial charge is 0.336 e. The van der Waals surface area contributed by atoms with E-state index in [9.17, 15) is 39.0 Å². The molecule has 2 heterocycles. The van der Waals surface area contributed by atoms with Crippen LogP contribution in [0.4, 0.5) is 0 Å². The molecule has 0 aliphatic rings. The van der Waals surface area contributed by atoms with Crippen LogP contribution in [0.1, 0.15) is 60.8 Å². The molecule has 2 rings (SSSR count). The van der Waals surface area contributed by atoms with E-state index in [-0.39, 0.29) is 24.9 Å². The van der Waals surface area contributed by atoms with E-state index in [1.807, 2.05) is 20.8 Å². The van der Waals surface area contributed by atoms with Gasteiger partial charge in [-0.3, -0.25) is 0 Å². The van der Waals surface area contributed by atoms with Gasteiger partial charge in [0.2, 0.25) is 0 Å². The lowest BCUT2D eigenvalue weighted by Gasteiger charge is -2.26. The van der Waals surface area contributed by atoms with Crippen LogP contribution in [0.5, 0.6) is 0 Å². The van der Waals surface area contributed by atoms with Crippen LogP contribution in [0, 0.1) is 5.41 Å². The minimum Gasteiger partial charge on any atom is -0.391 e. The second-order valence-corrected chi connectivity index (χ2v) is 11.5. The molecule has 224 valence electrons. The molecule has 0 bridgehead atoms. The molecule has 0 fully saturated rings. The lowest BCUT2D eigenvalue weighted by Crippen LogP contribution is -2.59. The minimum absolute atomic E-state index is 0.234. The first-order valence-corrected chi connectivity index (χ1v) is 13.3. The standard InChI is InChI=1S/C26H42N6O8/c1-9-12-28-21(37)30(14-17(33)13-25(4,5)10-2)23(39)31(22(28)38)16-18(34)15-29-19(35)27(8)20(36)32(24(29)40)26(6,7)11-3/h9,17-18,33-34H,1,10-16H2,2-8H3. The van der Waals surface area contributed by atoms with Crippen molar-refractivity contribution in [1.82, 2.24) is 27.4 Å². The van der Waals surface area contributed by atoms with Crippen molar-refractivity contribution in [3.05, 3.63) is 75.6 Å². The Bertz CT molecular complexity index is 1600. The van der Waals surface area contributed by atoms with E-state index in [0.29, 0.717) is 15.6 Å². The predicted octanol–water partition coefficient (Wildman–Crippen LogP) is -1.23. The van der Waals surface area contributed by atoms with Crippen molar-refractivity contribution in [3.63, 3.8) is 0 Å². The van der Waals surface area contributed by atoms with Gasteiger partial charge < -0.3 is 10.2 Å². The van der Waals surface area contributed by atoms with Gasteiger partial charge in [-0.1, -0.05) is 40.2 Å². The summed E-state index contributed by atoms with van der Waals surface area (Å²) >= 11 is 0. The first kappa shape index (κ1) is 32.7. The quantitative estimate of drug-likeness (QED) is 0.284. The number of rotatable bonds is 13. The van der Waals surface area contributed by atoms with Gasteiger partial charge in [-0.05, 0) is 32.1 Å². The number of aliphatic hydroxyl groups excluding tert-OH is 2. The van der Waals surface area contributed by atoms with Gasteiger partial charge in [-0.2, -0.15) is 0 Å². The number of allylic oxidation sites excluding steroid dienone is 1. The van der Waals surface area contributed by atoms with Crippen molar-refractivity contribution in [2.24, 2.45) is 12.5 Å². The Hall–Kier alpha value is -3.52. The zero-order valence-electron chi connectivity index (χ0n) is 24.4. The van der Waals surface area contributed by atoms with Crippen LogP contribution in [0.3, 0.4) is 0 Å². The van der Waals surface area contributed by atoms with E-state index in [1.54, 1.807) is 20.8 Å². The number of hydrogen-bond donors (Lipinski definition) is 2. The van der Waals surface area contributed by atoms with Gasteiger partial charge in [0.15, 0.2) is 0 Å². The first-order chi connectivity index (χ1) is 18.4. The summed E-state index contributed by atoms with van der Waals surface area (Å²) in [6, 6.07) is 0. The average Bonchev–Trinajstić information content (AvgIpc) is 2.88. The maximum atomic E-state index is 13.3. The molecule has 2 unspecified atom stereocenters. The molecule has 0 radical (unpaired) electrons. The highest BCUT2D eigenvalue weighted by atomic mass is 16.3. The molecule has 2 atom stereocenters. The van der Waals surface area contributed by atoms with Gasteiger partial charge in [-0.15, -0.1) is 6.58 Å². The Morgan fingerprint density at radius 3 is 1.60 bits per heavy atom. The zero-order chi connectivity index (χ0) is 30.7. The molecule has 0 aliphatic carbocycles. The Labute approximate surface area is 230 Å². The summed E-state index contributed by atoms with van der Waals surface area (Å²) in [5.74, 6) is 0. The van der Waals surface area contributed by atoms with Crippen molar-refractivity contribution in [3.8, 4) is 0 Å². The normalized spacial score (nSPS) is 13.8. The van der Waals surface area contributed by atoms with Crippen LogP contribution in [-0.2, 0) is 38.8 Å². The second-order valence-electron chi connectivity index (χ2n) is 11.5. The number of nitrogens with zero attached hydrogens (tertiary/aromatic N) is 6. The molecule has 2 N–H and O–H groups in total. The van der Waals surface area contributed by atoms with Crippen molar-refractivity contribution >= 4 is 0 Å². The number of aliphatic hydroxyl groups is 2. The number of aromatic nitrogens is 6. The molecule has 0 aliphatic heterocycles. The average molecular weight is 567 g/mol. The van der Waals surface area contributed by atoms with Gasteiger partial charge in [0, 0.05) is 12.6 Å². The van der Waals surface area contributed by atoms with Crippen LogP contribution >= 0.6 is 0 Å². The monoisotopic (exact) mass is 566 g/mol. The van der Waals surface area contributed by atoms with Gasteiger partial charge in [-0.25, -0.2) is 56.2 Å². The minimum atomic E-state index is -1.61. The SMILES string of the molecule is C=CCn1c(=O)n(CC(O)Cn2c(=O)n(C)c(=O)n(C(C)(C)CC)c2=O)c(=O)n(CC(O)CC(C)(C)CC)c1=O. The fraction of sp³-hybridized carbons (Fsp3) is 0.692. The van der Waals surface area contributed by atoms with E-state index in [4.69, 9.17) is 0 Å². The van der Waals surface area contributed by atoms with Crippen molar-refractivity contribution in [1.29, 1.82) is 0 Å². The van der Waals surface area contributed by atoms with Crippen molar-refractivity contribution < 1.29 is 10.2 Å². The van der Waals surface area contributed by atoms with E-state index >= 15 is 0 Å². The van der Waals surface area contributed by atoms with Crippen molar-refractivity contribution in [2.75, 3.05) is 0 Å². The highest BCUT2D eigenvalue weighted by molar-refractivity contribution is 4.88. The summed E-state index contributed by atoms with van der Waals surface area (Å²) < 4.78 is 4.42.